The summed E-state index contributed by atoms with van der Waals surface area (Å²) in [6.07, 6.45) is 0. The highest BCUT2D eigenvalue weighted by Crippen LogP contribution is 2.41. The van der Waals surface area contributed by atoms with E-state index in [9.17, 15) is 0 Å². The molecule has 0 atom stereocenters. The predicted octanol–water partition coefficient (Wildman–Crippen LogP) is 11.5. The molecule has 0 N–H and O–H groups in total. The molecule has 10 rings (SSSR count). The summed E-state index contributed by atoms with van der Waals surface area (Å²) >= 11 is 0. The summed E-state index contributed by atoms with van der Waals surface area (Å²) in [5.74, 6) is 0.568. The van der Waals surface area contributed by atoms with E-state index in [2.05, 4.69) is 94.5 Å². The van der Waals surface area contributed by atoms with Crippen molar-refractivity contribution in [2.24, 2.45) is 0 Å². The molecule has 0 radical (unpaired) electrons. The van der Waals surface area contributed by atoms with Crippen LogP contribution in [0.2, 0.25) is 0 Å². The highest BCUT2D eigenvalue weighted by atomic mass is 16.3. The van der Waals surface area contributed by atoms with E-state index in [0.29, 0.717) is 28.1 Å². The molecule has 3 aromatic heterocycles. The second-order valence-corrected chi connectivity index (χ2v) is 12.1. The Morgan fingerprint density at radius 2 is 1.12 bits per heavy atom. The second-order valence-electron chi connectivity index (χ2n) is 12.1. The van der Waals surface area contributed by atoms with Gasteiger partial charge in [0.1, 0.15) is 11.2 Å². The Balaban J connectivity index is 1.19. The molecule has 0 aliphatic heterocycles. The zero-order valence-corrected chi connectivity index (χ0v) is 26.5. The van der Waals surface area contributed by atoms with Gasteiger partial charge in [0, 0.05) is 50.0 Å². The zero-order chi connectivity index (χ0) is 37.4. The first-order chi connectivity index (χ1) is 26.9. The van der Waals surface area contributed by atoms with Crippen molar-refractivity contribution in [2.45, 2.75) is 0 Å². The van der Waals surface area contributed by atoms with E-state index in [0.717, 1.165) is 44.0 Å². The standard InChI is InChI=1S/C45H28N4O/c1-4-14-29(15-5-1)33-21-12-24-38-41(33)34-20-10-11-23-37(34)49(38)32-26-27-35-40(28-32)50-39-25-13-22-36(42(35)39)45-47-43(30-16-6-2-7-17-30)46-44(48-45)31-18-8-3-9-19-31/h1-28H/i2D,6D,7D,16D,17D. The SMILES string of the molecule is [2H]c1c([2H])c([2H])c(-c2nc(-c3ccccc3)nc(-c3cccc4oc5cc(-n6c7ccccc7c7c(-c8ccccc8)cccc76)ccc5c34)n2)c([2H])c1[2H]. The average Bonchev–Trinajstić information content (AvgIpc) is 3.78. The van der Waals surface area contributed by atoms with Crippen LogP contribution in [0.4, 0.5) is 0 Å². The molecule has 7 aromatic carbocycles. The van der Waals surface area contributed by atoms with Gasteiger partial charge in [-0.2, -0.15) is 0 Å². The third-order valence-corrected chi connectivity index (χ3v) is 9.15. The number of rotatable bonds is 5. The summed E-state index contributed by atoms with van der Waals surface area (Å²) in [6, 6.07) is 44.3. The van der Waals surface area contributed by atoms with Gasteiger partial charge in [-0.05, 0) is 41.5 Å². The second kappa shape index (κ2) is 11.4. The first-order valence-corrected chi connectivity index (χ1v) is 16.3. The Morgan fingerprint density at radius 3 is 1.94 bits per heavy atom. The lowest BCUT2D eigenvalue weighted by Crippen LogP contribution is -2.00. The molecule has 0 fully saturated rings. The lowest BCUT2D eigenvalue weighted by molar-refractivity contribution is 0.668. The summed E-state index contributed by atoms with van der Waals surface area (Å²) < 4.78 is 51.0. The van der Waals surface area contributed by atoms with Gasteiger partial charge in [-0.15, -0.1) is 0 Å². The van der Waals surface area contributed by atoms with Crippen LogP contribution in [0, 0.1) is 0 Å². The summed E-state index contributed by atoms with van der Waals surface area (Å²) in [5.41, 5.74) is 7.97. The largest absolute Gasteiger partial charge is 0.456 e. The highest BCUT2D eigenvalue weighted by Gasteiger charge is 2.20. The van der Waals surface area contributed by atoms with Gasteiger partial charge in [0.2, 0.25) is 0 Å². The van der Waals surface area contributed by atoms with Crippen LogP contribution in [0.1, 0.15) is 6.85 Å². The fraction of sp³-hybridized carbons (Fsp3) is 0. The van der Waals surface area contributed by atoms with Crippen molar-refractivity contribution in [3.8, 4) is 51.0 Å². The smallest absolute Gasteiger partial charge is 0.164 e. The van der Waals surface area contributed by atoms with E-state index in [1.807, 2.05) is 54.6 Å². The molecular weight excluding hydrogens is 613 g/mol. The van der Waals surface area contributed by atoms with Crippen LogP contribution in [0.5, 0.6) is 0 Å². The van der Waals surface area contributed by atoms with E-state index in [1.54, 1.807) is 0 Å². The van der Waals surface area contributed by atoms with Crippen molar-refractivity contribution in [2.75, 3.05) is 0 Å². The van der Waals surface area contributed by atoms with Gasteiger partial charge in [-0.25, -0.2) is 15.0 Å². The first-order valence-electron chi connectivity index (χ1n) is 18.8. The summed E-state index contributed by atoms with van der Waals surface area (Å²) in [6.45, 7) is 0. The van der Waals surface area contributed by atoms with Crippen molar-refractivity contribution in [3.05, 3.63) is 170 Å². The number of nitrogens with zero attached hydrogens (tertiary/aromatic N) is 4. The van der Waals surface area contributed by atoms with E-state index in [1.165, 1.54) is 5.39 Å². The lowest BCUT2D eigenvalue weighted by atomic mass is 9.99. The van der Waals surface area contributed by atoms with E-state index in [-0.39, 0.29) is 29.3 Å². The Kier molecular flexibility index (Phi) is 5.35. The fourth-order valence-electron chi connectivity index (χ4n) is 6.98. The van der Waals surface area contributed by atoms with E-state index < -0.39 is 18.1 Å². The van der Waals surface area contributed by atoms with Gasteiger partial charge >= 0.3 is 0 Å². The lowest BCUT2D eigenvalue weighted by Gasteiger charge is -2.10. The molecule has 5 nitrogen and oxygen atoms in total. The number of para-hydroxylation sites is 1. The summed E-state index contributed by atoms with van der Waals surface area (Å²) in [5, 5.41) is 3.97. The van der Waals surface area contributed by atoms with Gasteiger partial charge in [0.05, 0.1) is 17.9 Å². The van der Waals surface area contributed by atoms with Crippen LogP contribution in [0.25, 0.3) is 94.7 Å². The van der Waals surface area contributed by atoms with Crippen LogP contribution in [0.3, 0.4) is 0 Å². The van der Waals surface area contributed by atoms with Crippen LogP contribution < -0.4 is 0 Å². The summed E-state index contributed by atoms with van der Waals surface area (Å²) in [7, 11) is 0. The number of hydrogen-bond acceptors (Lipinski definition) is 4. The third kappa shape index (κ3) is 4.52. The molecule has 10 aromatic rings. The van der Waals surface area contributed by atoms with Crippen LogP contribution in [-0.4, -0.2) is 19.5 Å². The molecule has 50 heavy (non-hydrogen) atoms. The van der Waals surface area contributed by atoms with Crippen molar-refractivity contribution in [3.63, 3.8) is 0 Å². The van der Waals surface area contributed by atoms with Crippen molar-refractivity contribution >= 4 is 43.7 Å². The minimum atomic E-state index is -0.483. The summed E-state index contributed by atoms with van der Waals surface area (Å²) in [4.78, 5) is 14.4. The van der Waals surface area contributed by atoms with Crippen molar-refractivity contribution < 1.29 is 11.3 Å². The van der Waals surface area contributed by atoms with Crippen molar-refractivity contribution in [1.82, 2.24) is 19.5 Å². The normalized spacial score (nSPS) is 13.0. The Morgan fingerprint density at radius 1 is 0.460 bits per heavy atom. The quantitative estimate of drug-likeness (QED) is 0.187. The molecule has 0 saturated heterocycles. The Labute approximate surface area is 294 Å². The maximum absolute atomic E-state index is 8.68. The number of aromatic nitrogens is 4. The van der Waals surface area contributed by atoms with E-state index >= 15 is 0 Å². The van der Waals surface area contributed by atoms with Gasteiger partial charge < -0.3 is 8.98 Å². The first kappa shape index (κ1) is 23.5. The van der Waals surface area contributed by atoms with Gasteiger partial charge in [-0.1, -0.05) is 133 Å². The minimum absolute atomic E-state index is 0.0193. The number of hydrogen-bond donors (Lipinski definition) is 0. The molecule has 0 saturated carbocycles. The molecular formula is C45H28N4O. The Hall–Kier alpha value is -6.85. The number of fused-ring (bicyclic) bond motifs is 6. The van der Waals surface area contributed by atoms with Gasteiger partial charge in [0.25, 0.3) is 0 Å². The molecule has 0 unspecified atom stereocenters. The van der Waals surface area contributed by atoms with Gasteiger partial charge in [0.15, 0.2) is 17.5 Å². The Bertz CT molecular complexity index is 3130. The molecule has 234 valence electrons. The number of furan rings is 1. The molecule has 0 spiro atoms. The maximum atomic E-state index is 8.68. The topological polar surface area (TPSA) is 56.7 Å². The van der Waals surface area contributed by atoms with Crippen LogP contribution in [0.15, 0.2) is 174 Å². The zero-order valence-electron chi connectivity index (χ0n) is 31.5. The molecule has 3 heterocycles. The van der Waals surface area contributed by atoms with Gasteiger partial charge in [-0.3, -0.25) is 0 Å². The van der Waals surface area contributed by atoms with E-state index in [4.69, 9.17) is 21.2 Å². The molecule has 0 aliphatic carbocycles. The average molecular weight is 646 g/mol. The highest BCUT2D eigenvalue weighted by molar-refractivity contribution is 6.16. The number of benzene rings is 7. The van der Waals surface area contributed by atoms with Crippen LogP contribution >= 0.6 is 0 Å². The predicted molar refractivity (Wildman–Crippen MR) is 203 cm³/mol. The molecule has 0 amide bonds. The molecule has 0 bridgehead atoms. The third-order valence-electron chi connectivity index (χ3n) is 9.15. The minimum Gasteiger partial charge on any atom is -0.456 e. The molecule has 5 heteroatoms. The maximum Gasteiger partial charge on any atom is 0.164 e. The fourth-order valence-corrected chi connectivity index (χ4v) is 6.98. The van der Waals surface area contributed by atoms with Crippen LogP contribution in [-0.2, 0) is 0 Å². The molecule has 0 aliphatic rings. The monoisotopic (exact) mass is 645 g/mol. The van der Waals surface area contributed by atoms with Crippen molar-refractivity contribution in [1.29, 1.82) is 0 Å².